The summed E-state index contributed by atoms with van der Waals surface area (Å²) in [5.41, 5.74) is 12.2. The van der Waals surface area contributed by atoms with Gasteiger partial charge in [0.1, 0.15) is 0 Å². The first kappa shape index (κ1) is 19.8. The number of rotatable bonds is 3. The monoisotopic (exact) mass is 430 g/mol. The molecule has 1 aliphatic rings. The topological polar surface area (TPSA) is 73.8 Å². The minimum Gasteiger partial charge on any atom is -0.397 e. The average Bonchev–Trinajstić information content (AvgIpc) is 3.18. The number of carbonyl (C=O) groups excluding carboxylic acids is 1. The first-order chi connectivity index (χ1) is 14.9. The fourth-order valence-electron chi connectivity index (χ4n) is 4.36. The first-order valence-electron chi connectivity index (χ1n) is 10.5. The number of fused-ring (bicyclic) bond motifs is 2. The van der Waals surface area contributed by atoms with Crippen molar-refractivity contribution in [2.75, 3.05) is 5.73 Å². The molecule has 0 amide bonds. The van der Waals surface area contributed by atoms with Crippen molar-refractivity contribution in [3.63, 3.8) is 0 Å². The number of nitrogen functional groups attached to an aromatic ring is 1. The summed E-state index contributed by atoms with van der Waals surface area (Å²) in [6.45, 7) is 4.36. The molecule has 31 heavy (non-hydrogen) atoms. The van der Waals surface area contributed by atoms with Crippen LogP contribution in [0, 0.1) is 0 Å². The number of pyridine rings is 1. The van der Waals surface area contributed by atoms with Crippen LogP contribution >= 0.6 is 11.6 Å². The van der Waals surface area contributed by atoms with Gasteiger partial charge < -0.3 is 5.73 Å². The van der Waals surface area contributed by atoms with Crippen LogP contribution in [0.5, 0.6) is 0 Å². The Morgan fingerprint density at radius 3 is 2.45 bits per heavy atom. The summed E-state index contributed by atoms with van der Waals surface area (Å²) in [7, 11) is 0. The number of anilines is 1. The molecule has 156 valence electrons. The van der Waals surface area contributed by atoms with Gasteiger partial charge in [-0.05, 0) is 53.6 Å². The fourth-order valence-corrected chi connectivity index (χ4v) is 4.49. The molecule has 0 radical (unpaired) electrons. The van der Waals surface area contributed by atoms with E-state index in [2.05, 4.69) is 43.2 Å². The number of nitrogens with zero attached hydrogens (tertiary/aromatic N) is 3. The molecule has 0 bridgehead atoms. The van der Waals surface area contributed by atoms with Crippen LogP contribution in [0.4, 0.5) is 5.69 Å². The van der Waals surface area contributed by atoms with E-state index in [0.717, 1.165) is 16.9 Å². The maximum Gasteiger partial charge on any atom is 0.167 e. The molecule has 2 aromatic carbocycles. The molecule has 2 aromatic heterocycles. The Bertz CT molecular complexity index is 1290. The van der Waals surface area contributed by atoms with E-state index >= 15 is 0 Å². The van der Waals surface area contributed by atoms with Gasteiger partial charge in [0, 0.05) is 11.4 Å². The van der Waals surface area contributed by atoms with E-state index in [0.29, 0.717) is 46.1 Å². The number of aromatic nitrogens is 3. The van der Waals surface area contributed by atoms with Crippen molar-refractivity contribution in [2.24, 2.45) is 0 Å². The number of benzene rings is 2. The van der Waals surface area contributed by atoms with Crippen molar-refractivity contribution >= 4 is 34.1 Å². The lowest BCUT2D eigenvalue weighted by molar-refractivity contribution is 0.0964. The Labute approximate surface area is 185 Å². The predicted octanol–water partition coefficient (Wildman–Crippen LogP) is 5.69. The van der Waals surface area contributed by atoms with Crippen LogP contribution < -0.4 is 5.73 Å². The van der Waals surface area contributed by atoms with Gasteiger partial charge in [-0.2, -0.15) is 5.10 Å². The Balaban J connectivity index is 1.58. The number of hydrogen-bond acceptors (Lipinski definition) is 4. The van der Waals surface area contributed by atoms with Gasteiger partial charge in [0.25, 0.3) is 0 Å². The highest BCUT2D eigenvalue weighted by molar-refractivity contribution is 6.30. The number of carbonyl (C=O) groups is 1. The number of Topliss-reactive ketones (excluding diaryl/α,β-unsaturated/α-hetero) is 1. The normalized spacial score (nSPS) is 16.1. The molecule has 1 atom stereocenters. The van der Waals surface area contributed by atoms with Crippen LogP contribution in [-0.2, 0) is 6.42 Å². The summed E-state index contributed by atoms with van der Waals surface area (Å²) in [5, 5.41) is 5.83. The molecule has 1 aliphatic carbocycles. The molecular weight excluding hydrogens is 408 g/mol. The van der Waals surface area contributed by atoms with Gasteiger partial charge in [0.2, 0.25) is 0 Å². The molecule has 5 rings (SSSR count). The molecule has 2 N–H and O–H groups in total. The van der Waals surface area contributed by atoms with Gasteiger partial charge in [-0.25, -0.2) is 9.67 Å². The summed E-state index contributed by atoms with van der Waals surface area (Å²) in [6.07, 6.45) is 2.79. The molecule has 5 nitrogen and oxygen atoms in total. The van der Waals surface area contributed by atoms with Gasteiger partial charge >= 0.3 is 0 Å². The molecule has 1 unspecified atom stereocenters. The number of halogens is 1. The van der Waals surface area contributed by atoms with E-state index in [-0.39, 0.29) is 11.7 Å². The minimum atomic E-state index is 0.0466. The fraction of sp³-hybridized carbons (Fsp3) is 0.240. The molecule has 0 spiro atoms. The van der Waals surface area contributed by atoms with E-state index in [1.165, 1.54) is 5.56 Å². The zero-order valence-electron chi connectivity index (χ0n) is 17.5. The van der Waals surface area contributed by atoms with Crippen molar-refractivity contribution in [3.8, 4) is 5.69 Å². The Morgan fingerprint density at radius 2 is 1.77 bits per heavy atom. The van der Waals surface area contributed by atoms with Gasteiger partial charge in [-0.1, -0.05) is 49.7 Å². The third-order valence-electron chi connectivity index (χ3n) is 6.13. The zero-order chi connectivity index (χ0) is 21.7. The lowest BCUT2D eigenvalue weighted by Gasteiger charge is -2.25. The predicted molar refractivity (Wildman–Crippen MR) is 124 cm³/mol. The molecule has 4 aromatic rings. The highest BCUT2D eigenvalue weighted by atomic mass is 35.5. The number of nitrogens with two attached hydrogens (primary N) is 1. The van der Waals surface area contributed by atoms with Crippen LogP contribution in [0.2, 0.25) is 5.02 Å². The van der Waals surface area contributed by atoms with Crippen LogP contribution in [0.15, 0.2) is 54.7 Å². The van der Waals surface area contributed by atoms with Crippen molar-refractivity contribution in [3.05, 3.63) is 82.1 Å². The Hall–Kier alpha value is -3.18. The molecular formula is C25H23ClN4O. The van der Waals surface area contributed by atoms with Crippen LogP contribution in [-0.4, -0.2) is 20.5 Å². The molecule has 0 saturated heterocycles. The Kier molecular flexibility index (Phi) is 4.78. The van der Waals surface area contributed by atoms with E-state index in [1.54, 1.807) is 10.9 Å². The van der Waals surface area contributed by atoms with Gasteiger partial charge in [-0.15, -0.1) is 0 Å². The highest BCUT2D eigenvalue weighted by Crippen LogP contribution is 2.37. The third-order valence-corrected chi connectivity index (χ3v) is 6.38. The van der Waals surface area contributed by atoms with E-state index in [9.17, 15) is 4.79 Å². The van der Waals surface area contributed by atoms with Crippen LogP contribution in [0.25, 0.3) is 16.7 Å². The second-order valence-corrected chi connectivity index (χ2v) is 8.90. The molecule has 0 saturated carbocycles. The Morgan fingerprint density at radius 1 is 1.06 bits per heavy atom. The summed E-state index contributed by atoms with van der Waals surface area (Å²) >= 11 is 6.03. The summed E-state index contributed by atoms with van der Waals surface area (Å²) < 4.78 is 1.74. The van der Waals surface area contributed by atoms with Gasteiger partial charge in [0.05, 0.1) is 34.2 Å². The average molecular weight is 431 g/mol. The third kappa shape index (κ3) is 3.39. The summed E-state index contributed by atoms with van der Waals surface area (Å²) in [4.78, 5) is 17.9. The van der Waals surface area contributed by atoms with E-state index in [1.807, 2.05) is 24.3 Å². The summed E-state index contributed by atoms with van der Waals surface area (Å²) in [6, 6.07) is 16.0. The van der Waals surface area contributed by atoms with Gasteiger partial charge in [0.15, 0.2) is 11.4 Å². The second-order valence-electron chi connectivity index (χ2n) is 8.47. The SMILES string of the molecule is CC(C)c1ccc(C2CC(=O)c3c(nc4c(cnn4-c4ccc(Cl)cc4)c3N)C2)cc1. The lowest BCUT2D eigenvalue weighted by atomic mass is 9.80. The van der Waals surface area contributed by atoms with E-state index < -0.39 is 0 Å². The number of ketones is 1. The van der Waals surface area contributed by atoms with Crippen molar-refractivity contribution in [2.45, 2.75) is 38.5 Å². The van der Waals surface area contributed by atoms with Crippen molar-refractivity contribution in [1.82, 2.24) is 14.8 Å². The summed E-state index contributed by atoms with van der Waals surface area (Å²) in [5.74, 6) is 0.619. The maximum atomic E-state index is 13.1. The molecule has 2 heterocycles. The zero-order valence-corrected chi connectivity index (χ0v) is 18.2. The van der Waals surface area contributed by atoms with Crippen LogP contribution in [0.3, 0.4) is 0 Å². The highest BCUT2D eigenvalue weighted by Gasteiger charge is 2.31. The van der Waals surface area contributed by atoms with E-state index in [4.69, 9.17) is 22.3 Å². The van der Waals surface area contributed by atoms with Crippen molar-refractivity contribution in [1.29, 1.82) is 0 Å². The van der Waals surface area contributed by atoms with Crippen molar-refractivity contribution < 1.29 is 4.79 Å². The smallest absolute Gasteiger partial charge is 0.167 e. The van der Waals surface area contributed by atoms with Crippen LogP contribution in [0.1, 0.15) is 59.3 Å². The quantitative estimate of drug-likeness (QED) is 0.453. The lowest BCUT2D eigenvalue weighted by Crippen LogP contribution is -2.22. The first-order valence-corrected chi connectivity index (χ1v) is 10.8. The maximum absolute atomic E-state index is 13.1. The minimum absolute atomic E-state index is 0.0466. The standard InChI is InChI=1S/C25H23ClN4O/c1-14(2)15-3-5-16(6-4-15)17-11-21-23(22(31)12-17)24(27)20-13-28-30(25(20)29-21)19-9-7-18(26)8-10-19/h3-10,13-14,17H,11-12H2,1-2H3,(H2,27,29). The molecule has 0 aliphatic heterocycles. The second kappa shape index (κ2) is 7.50. The molecule has 6 heteroatoms. The van der Waals surface area contributed by atoms with Gasteiger partial charge in [-0.3, -0.25) is 4.79 Å². The largest absolute Gasteiger partial charge is 0.397 e. The molecule has 0 fully saturated rings. The number of hydrogen-bond donors (Lipinski definition) is 1.